The summed E-state index contributed by atoms with van der Waals surface area (Å²) < 4.78 is 27.0. The van der Waals surface area contributed by atoms with Crippen molar-refractivity contribution in [1.29, 1.82) is 0 Å². The van der Waals surface area contributed by atoms with E-state index < -0.39 is 28.5 Å². The topological polar surface area (TPSA) is 86.8 Å². The normalized spacial score (nSPS) is 12.0. The molecule has 40 heavy (non-hydrogen) atoms. The number of halogens is 1. The average Bonchev–Trinajstić information content (AvgIpc) is 2.88. The Bertz CT molecular complexity index is 1390. The van der Waals surface area contributed by atoms with E-state index in [4.69, 9.17) is 11.6 Å². The van der Waals surface area contributed by atoms with Crippen molar-refractivity contribution < 1.29 is 18.0 Å². The first-order valence-corrected chi connectivity index (χ1v) is 15.6. The molecule has 2 amide bonds. The van der Waals surface area contributed by atoms with E-state index in [-0.39, 0.29) is 18.9 Å². The minimum Gasteiger partial charge on any atom is -0.354 e. The fourth-order valence-corrected chi connectivity index (χ4v) is 5.65. The van der Waals surface area contributed by atoms with Crippen LogP contribution >= 0.6 is 11.6 Å². The number of rotatable bonds is 13. The Hall–Kier alpha value is -3.36. The highest BCUT2D eigenvalue weighted by molar-refractivity contribution is 7.92. The molecule has 0 spiro atoms. The first-order valence-electron chi connectivity index (χ1n) is 13.4. The van der Waals surface area contributed by atoms with Crippen molar-refractivity contribution in [2.75, 3.05) is 23.7 Å². The number of amides is 2. The number of sulfonamides is 1. The summed E-state index contributed by atoms with van der Waals surface area (Å²) in [6.45, 7) is 5.91. The third kappa shape index (κ3) is 9.10. The largest absolute Gasteiger partial charge is 0.354 e. The van der Waals surface area contributed by atoms with Crippen LogP contribution in [-0.4, -0.2) is 50.5 Å². The van der Waals surface area contributed by atoms with Gasteiger partial charge >= 0.3 is 0 Å². The lowest BCUT2D eigenvalue weighted by Gasteiger charge is -2.33. The van der Waals surface area contributed by atoms with Gasteiger partial charge in [0.1, 0.15) is 12.6 Å². The second kappa shape index (κ2) is 14.3. The van der Waals surface area contributed by atoms with Gasteiger partial charge in [-0.15, -0.1) is 0 Å². The summed E-state index contributed by atoms with van der Waals surface area (Å²) in [6, 6.07) is 21.1. The molecular weight excluding hydrogens is 546 g/mol. The molecule has 0 heterocycles. The highest BCUT2D eigenvalue weighted by atomic mass is 35.5. The van der Waals surface area contributed by atoms with Gasteiger partial charge in [-0.05, 0) is 66.8 Å². The number of nitrogens with one attached hydrogen (secondary N) is 1. The average molecular weight is 584 g/mol. The molecule has 0 saturated carbocycles. The Morgan fingerprint density at radius 1 is 0.925 bits per heavy atom. The lowest BCUT2D eigenvalue weighted by Crippen LogP contribution is -2.53. The fraction of sp³-hybridized carbons (Fsp3) is 0.355. The molecule has 3 aromatic rings. The van der Waals surface area contributed by atoms with Crippen LogP contribution in [0.5, 0.6) is 0 Å². The Kier molecular flexibility index (Phi) is 11.2. The maximum Gasteiger partial charge on any atom is 0.244 e. The number of aryl methyl sites for hydroxylation is 2. The second-order valence-electron chi connectivity index (χ2n) is 10.1. The van der Waals surface area contributed by atoms with E-state index in [0.717, 1.165) is 45.7 Å². The van der Waals surface area contributed by atoms with E-state index in [1.807, 2.05) is 63.2 Å². The third-order valence-corrected chi connectivity index (χ3v) is 7.89. The summed E-state index contributed by atoms with van der Waals surface area (Å²) in [5.74, 6) is -0.777. The van der Waals surface area contributed by atoms with Gasteiger partial charge in [0, 0.05) is 24.5 Å². The van der Waals surface area contributed by atoms with Gasteiger partial charge in [0.25, 0.3) is 0 Å². The fourth-order valence-electron chi connectivity index (χ4n) is 4.60. The molecule has 7 nitrogen and oxygen atoms in total. The minimum absolute atomic E-state index is 0.0859. The Morgan fingerprint density at radius 2 is 1.57 bits per heavy atom. The molecule has 9 heteroatoms. The predicted molar refractivity (Wildman–Crippen MR) is 162 cm³/mol. The Balaban J connectivity index is 2.05. The van der Waals surface area contributed by atoms with Crippen LogP contribution in [0, 0.1) is 13.8 Å². The lowest BCUT2D eigenvalue weighted by molar-refractivity contribution is -0.140. The van der Waals surface area contributed by atoms with Gasteiger partial charge in [-0.25, -0.2) is 8.42 Å². The molecule has 0 saturated heterocycles. The van der Waals surface area contributed by atoms with E-state index >= 15 is 0 Å². The zero-order chi connectivity index (χ0) is 29.3. The van der Waals surface area contributed by atoms with Gasteiger partial charge in [-0.1, -0.05) is 73.5 Å². The first kappa shape index (κ1) is 31.2. The van der Waals surface area contributed by atoms with Crippen molar-refractivity contribution in [3.8, 4) is 0 Å². The number of hydrogen-bond acceptors (Lipinski definition) is 4. The molecule has 1 N–H and O–H groups in total. The summed E-state index contributed by atoms with van der Waals surface area (Å²) >= 11 is 6.25. The van der Waals surface area contributed by atoms with Crippen molar-refractivity contribution in [3.63, 3.8) is 0 Å². The van der Waals surface area contributed by atoms with Crippen molar-refractivity contribution >= 4 is 39.1 Å². The highest BCUT2D eigenvalue weighted by Gasteiger charge is 2.33. The van der Waals surface area contributed by atoms with E-state index in [1.54, 1.807) is 30.3 Å². The van der Waals surface area contributed by atoms with Crippen molar-refractivity contribution in [1.82, 2.24) is 10.2 Å². The van der Waals surface area contributed by atoms with Crippen LogP contribution in [0.1, 0.15) is 42.0 Å². The van der Waals surface area contributed by atoms with Gasteiger partial charge in [-0.2, -0.15) is 0 Å². The molecule has 0 radical (unpaired) electrons. The molecule has 0 aliphatic carbocycles. The van der Waals surface area contributed by atoms with Crippen molar-refractivity contribution in [3.05, 3.63) is 100 Å². The predicted octanol–water partition coefficient (Wildman–Crippen LogP) is 5.28. The number of carbonyl (C=O) groups excluding carboxylic acids is 2. The van der Waals surface area contributed by atoms with Crippen LogP contribution in [0.25, 0.3) is 0 Å². The number of anilines is 1. The van der Waals surface area contributed by atoms with Crippen LogP contribution in [-0.2, 0) is 32.6 Å². The van der Waals surface area contributed by atoms with Gasteiger partial charge in [0.05, 0.1) is 11.9 Å². The van der Waals surface area contributed by atoms with Gasteiger partial charge < -0.3 is 10.2 Å². The number of unbranched alkanes of at least 4 members (excludes halogenated alkanes) is 1. The number of hydrogen-bond donors (Lipinski definition) is 1. The standard InChI is InChI=1S/C31H38ClN3O4S/c1-5-6-15-33-31(37)29(20-25-11-8-7-9-12-25)34(21-26-13-10-14-27(32)19-26)30(36)22-35(40(4,38)39)28-17-23(2)16-24(3)18-28/h7-14,16-19,29H,5-6,15,20-22H2,1-4H3,(H,33,37). The van der Waals surface area contributed by atoms with E-state index in [2.05, 4.69) is 5.32 Å². The van der Waals surface area contributed by atoms with Crippen LogP contribution in [0.2, 0.25) is 5.02 Å². The van der Waals surface area contributed by atoms with Crippen LogP contribution in [0.4, 0.5) is 5.69 Å². The monoisotopic (exact) mass is 583 g/mol. The van der Waals surface area contributed by atoms with E-state index in [0.29, 0.717) is 17.3 Å². The first-order chi connectivity index (χ1) is 19.0. The molecule has 1 atom stereocenters. The summed E-state index contributed by atoms with van der Waals surface area (Å²) in [4.78, 5) is 29.2. The van der Waals surface area contributed by atoms with E-state index in [9.17, 15) is 18.0 Å². The molecule has 0 aromatic heterocycles. The SMILES string of the molecule is CCCCNC(=O)C(Cc1ccccc1)N(Cc1cccc(Cl)c1)C(=O)CN(c1cc(C)cc(C)c1)S(C)(=O)=O. The molecule has 0 aliphatic rings. The maximum absolute atomic E-state index is 14.1. The quantitative estimate of drug-likeness (QED) is 0.277. The molecule has 214 valence electrons. The minimum atomic E-state index is -3.82. The Morgan fingerprint density at radius 3 is 2.17 bits per heavy atom. The smallest absolute Gasteiger partial charge is 0.244 e. The molecule has 3 aromatic carbocycles. The van der Waals surface area contributed by atoms with E-state index in [1.165, 1.54) is 4.90 Å². The summed E-state index contributed by atoms with van der Waals surface area (Å²) in [6.07, 6.45) is 3.07. The number of benzene rings is 3. The Labute approximate surface area is 243 Å². The lowest BCUT2D eigenvalue weighted by atomic mass is 10.0. The van der Waals surface area contributed by atoms with Crippen molar-refractivity contribution in [2.24, 2.45) is 0 Å². The molecule has 1 unspecified atom stereocenters. The second-order valence-corrected chi connectivity index (χ2v) is 12.5. The number of carbonyl (C=O) groups is 2. The van der Waals surface area contributed by atoms with Gasteiger partial charge in [0.15, 0.2) is 0 Å². The van der Waals surface area contributed by atoms with Gasteiger partial charge in [0.2, 0.25) is 21.8 Å². The molecule has 0 bridgehead atoms. The summed E-state index contributed by atoms with van der Waals surface area (Å²) in [5.41, 5.74) is 3.78. The third-order valence-electron chi connectivity index (χ3n) is 6.52. The molecule has 0 fully saturated rings. The molecular formula is C31H38ClN3O4S. The zero-order valence-corrected chi connectivity index (χ0v) is 25.1. The van der Waals surface area contributed by atoms with Crippen LogP contribution in [0.15, 0.2) is 72.8 Å². The van der Waals surface area contributed by atoms with Crippen LogP contribution in [0.3, 0.4) is 0 Å². The van der Waals surface area contributed by atoms with Crippen molar-refractivity contribution in [2.45, 2.75) is 52.6 Å². The number of nitrogens with zero attached hydrogens (tertiary/aromatic N) is 2. The zero-order valence-electron chi connectivity index (χ0n) is 23.6. The van der Waals surface area contributed by atoms with Crippen LogP contribution < -0.4 is 9.62 Å². The summed E-state index contributed by atoms with van der Waals surface area (Å²) in [7, 11) is -3.82. The molecule has 0 aliphatic heterocycles. The maximum atomic E-state index is 14.1. The van der Waals surface area contributed by atoms with Gasteiger partial charge in [-0.3, -0.25) is 13.9 Å². The summed E-state index contributed by atoms with van der Waals surface area (Å²) in [5, 5.41) is 3.48. The highest BCUT2D eigenvalue weighted by Crippen LogP contribution is 2.23. The molecule has 3 rings (SSSR count).